The van der Waals surface area contributed by atoms with E-state index in [0.29, 0.717) is 17.9 Å². The van der Waals surface area contributed by atoms with Crippen LogP contribution in [0.2, 0.25) is 0 Å². The number of aromatic nitrogens is 1. The lowest BCUT2D eigenvalue weighted by atomic mass is 10.3. The van der Waals surface area contributed by atoms with E-state index in [-0.39, 0.29) is 0 Å². The molecule has 3 N–H and O–H groups in total. The second kappa shape index (κ2) is 4.85. The lowest BCUT2D eigenvalue weighted by Crippen LogP contribution is -2.08. The molecule has 0 aliphatic heterocycles. The van der Waals surface area contributed by atoms with Crippen LogP contribution in [0, 0.1) is 0 Å². The fourth-order valence-corrected chi connectivity index (χ4v) is 2.08. The van der Waals surface area contributed by atoms with E-state index < -0.39 is 11.9 Å². The minimum atomic E-state index is -4.41. The largest absolute Gasteiger partial charge is 0.433 e. The predicted molar refractivity (Wildman–Crippen MR) is 65.3 cm³/mol. The Bertz CT molecular complexity index is 519. The molecule has 0 aromatic carbocycles. The number of thiophene rings is 1. The van der Waals surface area contributed by atoms with Gasteiger partial charge in [0.05, 0.1) is 18.4 Å². The van der Waals surface area contributed by atoms with Gasteiger partial charge in [-0.25, -0.2) is 4.98 Å². The monoisotopic (exact) mass is 273 g/mol. The van der Waals surface area contributed by atoms with Gasteiger partial charge in [-0.2, -0.15) is 13.2 Å². The van der Waals surface area contributed by atoms with Gasteiger partial charge in [-0.3, -0.25) is 0 Å². The number of hydrogen-bond acceptors (Lipinski definition) is 4. The number of alkyl halides is 3. The number of hydrogen-bond donors (Lipinski definition) is 2. The summed E-state index contributed by atoms with van der Waals surface area (Å²) in [7, 11) is 0. The molecule has 0 aliphatic carbocycles. The van der Waals surface area contributed by atoms with E-state index in [1.807, 2.05) is 5.38 Å². The quantitative estimate of drug-likeness (QED) is 0.901. The summed E-state index contributed by atoms with van der Waals surface area (Å²) >= 11 is 1.49. The minimum absolute atomic E-state index is 0.469. The number of nitrogens with one attached hydrogen (secondary N) is 1. The van der Waals surface area contributed by atoms with Crippen LogP contribution in [0.5, 0.6) is 0 Å². The van der Waals surface area contributed by atoms with Gasteiger partial charge < -0.3 is 11.1 Å². The summed E-state index contributed by atoms with van der Waals surface area (Å²) in [4.78, 5) is 4.30. The van der Waals surface area contributed by atoms with Crippen molar-refractivity contribution in [2.75, 3.05) is 11.1 Å². The average Bonchev–Trinajstić information content (AvgIpc) is 2.72. The Morgan fingerprint density at radius 2 is 2.06 bits per heavy atom. The van der Waals surface area contributed by atoms with Gasteiger partial charge in [-0.1, -0.05) is 0 Å². The third-order valence-corrected chi connectivity index (χ3v) is 3.22. The maximum absolute atomic E-state index is 12.3. The Labute approximate surface area is 105 Å². The Morgan fingerprint density at radius 1 is 1.28 bits per heavy atom. The number of nitrogens with zero attached hydrogens (tertiary/aromatic N) is 1. The maximum Gasteiger partial charge on any atom is 0.433 e. The topological polar surface area (TPSA) is 50.9 Å². The first-order chi connectivity index (χ1) is 8.47. The van der Waals surface area contributed by atoms with Crippen molar-refractivity contribution in [1.82, 2.24) is 4.98 Å². The molecule has 0 unspecified atom stereocenters. The Kier molecular flexibility index (Phi) is 3.42. The standard InChI is InChI=1S/C11H10F3N3S/c12-11(13,14)10-2-1-7(5-17-10)16-6-9-8(15)3-4-18-9/h1-5,16H,6,15H2. The number of nitrogens with two attached hydrogens (primary N) is 1. The molecule has 2 aromatic rings. The molecule has 0 saturated heterocycles. The lowest BCUT2D eigenvalue weighted by molar-refractivity contribution is -0.141. The van der Waals surface area contributed by atoms with Crippen molar-refractivity contribution >= 4 is 22.7 Å². The molecule has 3 nitrogen and oxygen atoms in total. The van der Waals surface area contributed by atoms with Crippen LogP contribution >= 0.6 is 11.3 Å². The van der Waals surface area contributed by atoms with E-state index in [9.17, 15) is 13.2 Å². The molecule has 0 aliphatic rings. The van der Waals surface area contributed by atoms with Crippen LogP contribution in [-0.4, -0.2) is 4.98 Å². The molecule has 0 spiro atoms. The smallest absolute Gasteiger partial charge is 0.398 e. The zero-order valence-electron chi connectivity index (χ0n) is 9.16. The molecular weight excluding hydrogens is 263 g/mol. The first kappa shape index (κ1) is 12.7. The van der Waals surface area contributed by atoms with Crippen molar-refractivity contribution in [3.8, 4) is 0 Å². The SMILES string of the molecule is Nc1ccsc1CNc1ccc(C(F)(F)F)nc1. The van der Waals surface area contributed by atoms with Gasteiger partial charge in [0.2, 0.25) is 0 Å². The fraction of sp³-hybridized carbons (Fsp3) is 0.182. The van der Waals surface area contributed by atoms with Gasteiger partial charge in [0.25, 0.3) is 0 Å². The summed E-state index contributed by atoms with van der Waals surface area (Å²) in [6.07, 6.45) is -3.25. The molecule has 0 amide bonds. The van der Waals surface area contributed by atoms with Crippen LogP contribution in [0.1, 0.15) is 10.6 Å². The third-order valence-electron chi connectivity index (χ3n) is 2.29. The lowest BCUT2D eigenvalue weighted by Gasteiger charge is -2.08. The molecule has 2 aromatic heterocycles. The van der Waals surface area contributed by atoms with E-state index in [1.54, 1.807) is 6.07 Å². The molecule has 0 saturated carbocycles. The van der Waals surface area contributed by atoms with Crippen molar-refractivity contribution < 1.29 is 13.2 Å². The van der Waals surface area contributed by atoms with Crippen molar-refractivity contribution in [1.29, 1.82) is 0 Å². The van der Waals surface area contributed by atoms with Gasteiger partial charge in [0.15, 0.2) is 0 Å². The summed E-state index contributed by atoms with van der Waals surface area (Å²) in [5.74, 6) is 0. The average molecular weight is 273 g/mol. The van der Waals surface area contributed by atoms with Crippen LogP contribution in [0.4, 0.5) is 24.5 Å². The molecule has 0 atom stereocenters. The number of halogens is 3. The second-order valence-corrected chi connectivity index (χ2v) is 4.58. The number of pyridine rings is 1. The van der Waals surface area contributed by atoms with Gasteiger partial charge in [0, 0.05) is 10.6 Å². The molecule has 18 heavy (non-hydrogen) atoms. The van der Waals surface area contributed by atoms with E-state index in [2.05, 4.69) is 10.3 Å². The van der Waals surface area contributed by atoms with E-state index in [0.717, 1.165) is 17.1 Å². The van der Waals surface area contributed by atoms with Crippen LogP contribution in [0.25, 0.3) is 0 Å². The van der Waals surface area contributed by atoms with Gasteiger partial charge in [-0.05, 0) is 23.6 Å². The van der Waals surface area contributed by atoms with Crippen molar-refractivity contribution in [2.24, 2.45) is 0 Å². The van der Waals surface area contributed by atoms with Crippen molar-refractivity contribution in [2.45, 2.75) is 12.7 Å². The minimum Gasteiger partial charge on any atom is -0.398 e. The van der Waals surface area contributed by atoms with Crippen LogP contribution in [0.3, 0.4) is 0 Å². The highest BCUT2D eigenvalue weighted by atomic mass is 32.1. The Hall–Kier alpha value is -1.76. The van der Waals surface area contributed by atoms with E-state index >= 15 is 0 Å². The van der Waals surface area contributed by atoms with Crippen LogP contribution < -0.4 is 11.1 Å². The molecular formula is C11H10F3N3S. The molecule has 96 valence electrons. The highest BCUT2D eigenvalue weighted by Gasteiger charge is 2.31. The van der Waals surface area contributed by atoms with Gasteiger partial charge in [0.1, 0.15) is 5.69 Å². The molecule has 0 bridgehead atoms. The number of nitrogen functional groups attached to an aromatic ring is 1. The fourth-order valence-electron chi connectivity index (χ4n) is 1.34. The Balaban J connectivity index is 2.01. The number of rotatable bonds is 3. The number of anilines is 2. The second-order valence-electron chi connectivity index (χ2n) is 3.58. The first-order valence-corrected chi connectivity index (χ1v) is 5.94. The zero-order valence-corrected chi connectivity index (χ0v) is 9.98. The zero-order chi connectivity index (χ0) is 13.2. The van der Waals surface area contributed by atoms with Crippen molar-refractivity contribution in [3.63, 3.8) is 0 Å². The van der Waals surface area contributed by atoms with Gasteiger partial charge >= 0.3 is 6.18 Å². The van der Waals surface area contributed by atoms with Crippen LogP contribution in [-0.2, 0) is 12.7 Å². The summed E-state index contributed by atoms with van der Waals surface area (Å²) in [5, 5.41) is 4.83. The van der Waals surface area contributed by atoms with E-state index in [1.165, 1.54) is 17.4 Å². The normalized spacial score (nSPS) is 11.5. The highest BCUT2D eigenvalue weighted by Crippen LogP contribution is 2.28. The molecule has 0 radical (unpaired) electrons. The Morgan fingerprint density at radius 3 is 2.56 bits per heavy atom. The molecule has 2 heterocycles. The molecule has 2 rings (SSSR count). The highest BCUT2D eigenvalue weighted by molar-refractivity contribution is 7.10. The summed E-state index contributed by atoms with van der Waals surface area (Å²) < 4.78 is 36.9. The summed E-state index contributed by atoms with van der Waals surface area (Å²) in [5.41, 5.74) is 5.99. The van der Waals surface area contributed by atoms with Crippen LogP contribution in [0.15, 0.2) is 29.8 Å². The van der Waals surface area contributed by atoms with E-state index in [4.69, 9.17) is 5.73 Å². The van der Waals surface area contributed by atoms with Gasteiger partial charge in [-0.15, -0.1) is 11.3 Å². The summed E-state index contributed by atoms with van der Waals surface area (Å²) in [6, 6.07) is 4.08. The molecule has 0 fully saturated rings. The predicted octanol–water partition coefficient (Wildman–Crippen LogP) is 3.36. The maximum atomic E-state index is 12.3. The molecule has 7 heteroatoms. The third kappa shape index (κ3) is 2.92. The summed E-state index contributed by atoms with van der Waals surface area (Å²) in [6.45, 7) is 0.469. The van der Waals surface area contributed by atoms with Crippen molar-refractivity contribution in [3.05, 3.63) is 40.3 Å². The first-order valence-electron chi connectivity index (χ1n) is 5.06.